The highest BCUT2D eigenvalue weighted by atomic mass is 79.9. The molecule has 7 nitrogen and oxygen atoms in total. The van der Waals surface area contributed by atoms with Crippen LogP contribution in [-0.4, -0.2) is 28.6 Å². The Morgan fingerprint density at radius 1 is 0.825 bits per heavy atom. The fourth-order valence-electron chi connectivity index (χ4n) is 5.40. The second-order valence-corrected chi connectivity index (χ2v) is 10.5. The predicted molar refractivity (Wildman–Crippen MR) is 164 cm³/mol. The number of aromatic nitrogens is 2. The van der Waals surface area contributed by atoms with E-state index in [0.29, 0.717) is 11.7 Å². The molecule has 0 fully saturated rings. The summed E-state index contributed by atoms with van der Waals surface area (Å²) in [7, 11) is 1.71. The van der Waals surface area contributed by atoms with Crippen molar-refractivity contribution >= 4 is 50.5 Å². The number of fused-ring (bicyclic) bond motifs is 4. The van der Waals surface area contributed by atoms with E-state index in [9.17, 15) is 0 Å². The number of anilines is 2. The van der Waals surface area contributed by atoms with Crippen molar-refractivity contribution < 1.29 is 4.74 Å². The Balaban J connectivity index is 1.51. The number of ether oxygens (including phenoxy) is 1. The third-order valence-corrected chi connectivity index (χ3v) is 7.71. The van der Waals surface area contributed by atoms with Crippen LogP contribution in [0.5, 0.6) is 5.75 Å². The van der Waals surface area contributed by atoms with E-state index in [2.05, 4.69) is 38.3 Å². The first-order valence-corrected chi connectivity index (χ1v) is 13.8. The van der Waals surface area contributed by atoms with E-state index in [1.165, 1.54) is 0 Å². The van der Waals surface area contributed by atoms with Crippen LogP contribution in [0.1, 0.15) is 22.9 Å². The van der Waals surface area contributed by atoms with Crippen LogP contribution >= 0.6 is 15.9 Å². The van der Waals surface area contributed by atoms with Crippen LogP contribution in [-0.2, 0) is 0 Å². The minimum atomic E-state index is -0.255. The fourth-order valence-corrected chi connectivity index (χ4v) is 5.67. The van der Waals surface area contributed by atoms with E-state index >= 15 is 0 Å². The number of amidine groups is 2. The number of rotatable bonds is 4. The molecule has 0 saturated heterocycles. The summed E-state index contributed by atoms with van der Waals surface area (Å²) in [4.78, 5) is 12.6. The van der Waals surface area contributed by atoms with Gasteiger partial charge in [0, 0.05) is 21.3 Å². The van der Waals surface area contributed by atoms with Gasteiger partial charge in [0.15, 0.2) is 17.5 Å². The first-order valence-electron chi connectivity index (χ1n) is 13.0. The molecule has 4 aromatic carbocycles. The molecule has 40 heavy (non-hydrogen) atoms. The average Bonchev–Trinajstić information content (AvgIpc) is 3.33. The van der Waals surface area contributed by atoms with E-state index in [1.54, 1.807) is 7.11 Å². The molecular weight excluding hydrogens is 564 g/mol. The van der Waals surface area contributed by atoms with E-state index < -0.39 is 0 Å². The molecule has 2 aliphatic heterocycles. The van der Waals surface area contributed by atoms with Crippen LogP contribution in [0.15, 0.2) is 118 Å². The molecule has 1 N–H and O–H groups in total. The molecule has 0 bridgehead atoms. The molecule has 8 heteroatoms. The summed E-state index contributed by atoms with van der Waals surface area (Å²) < 4.78 is 8.84. The smallest absolute Gasteiger partial charge is 0.179 e. The lowest BCUT2D eigenvalue weighted by Gasteiger charge is -2.41. The Morgan fingerprint density at radius 3 is 2.35 bits per heavy atom. The van der Waals surface area contributed by atoms with Crippen LogP contribution in [0.2, 0.25) is 0 Å². The molecule has 0 radical (unpaired) electrons. The van der Waals surface area contributed by atoms with Gasteiger partial charge in [0.1, 0.15) is 5.75 Å². The molecule has 1 unspecified atom stereocenters. The van der Waals surface area contributed by atoms with Gasteiger partial charge >= 0.3 is 0 Å². The average molecular weight is 589 g/mol. The number of benzene rings is 4. The second-order valence-electron chi connectivity index (χ2n) is 9.60. The number of aryl methyl sites for hydroxylation is 1. The lowest BCUT2D eigenvalue weighted by Crippen LogP contribution is -2.46. The lowest BCUT2D eigenvalue weighted by atomic mass is 9.92. The summed E-state index contributed by atoms with van der Waals surface area (Å²) in [5.41, 5.74) is 6.63. The summed E-state index contributed by atoms with van der Waals surface area (Å²) in [6.45, 7) is 2.05. The van der Waals surface area contributed by atoms with Gasteiger partial charge in [-0.15, -0.1) is 0 Å². The van der Waals surface area contributed by atoms with Crippen LogP contribution < -0.4 is 15.0 Å². The van der Waals surface area contributed by atoms with Gasteiger partial charge in [-0.1, -0.05) is 64.5 Å². The summed E-state index contributed by atoms with van der Waals surface area (Å²) >= 11 is 3.53. The van der Waals surface area contributed by atoms with Gasteiger partial charge in [-0.05, 0) is 61.5 Å². The maximum Gasteiger partial charge on any atom is 0.179 e. The van der Waals surface area contributed by atoms with E-state index in [4.69, 9.17) is 19.8 Å². The van der Waals surface area contributed by atoms with Crippen LogP contribution in [0.3, 0.4) is 0 Å². The Morgan fingerprint density at radius 2 is 1.55 bits per heavy atom. The van der Waals surface area contributed by atoms with Crippen molar-refractivity contribution in [2.24, 2.45) is 9.98 Å². The van der Waals surface area contributed by atoms with Gasteiger partial charge in [-0.25, -0.2) is 14.7 Å². The standard InChI is InChI=1S/C32H25BrN6O/c1-20-28-29(24-12-6-9-15-27(24)40-2)38-26-14-8-7-13-25(26)35-30(34-22-18-16-21(33)17-19-22)32(38)36-31(28)39(37-20)23-10-4-3-5-11-23/h3-19,29H,1-2H3,(H,34,35). The highest BCUT2D eigenvalue weighted by Gasteiger charge is 2.42. The number of halogens is 1. The first-order chi connectivity index (χ1) is 19.6. The van der Waals surface area contributed by atoms with E-state index in [1.807, 2.05) is 103 Å². The molecule has 0 amide bonds. The summed E-state index contributed by atoms with van der Waals surface area (Å²) in [5, 5.41) is 8.54. The first kappa shape index (κ1) is 24.4. The Hall–Kier alpha value is -4.69. The molecule has 3 heterocycles. The van der Waals surface area contributed by atoms with Crippen molar-refractivity contribution in [2.45, 2.75) is 13.0 Å². The number of hydrogen-bond acceptors (Lipinski definition) is 6. The van der Waals surface area contributed by atoms with Crippen molar-refractivity contribution in [2.75, 3.05) is 17.3 Å². The zero-order chi connectivity index (χ0) is 27.2. The highest BCUT2D eigenvalue weighted by molar-refractivity contribution is 9.10. The van der Waals surface area contributed by atoms with Crippen LogP contribution in [0.25, 0.3) is 5.69 Å². The van der Waals surface area contributed by atoms with Crippen molar-refractivity contribution in [3.05, 3.63) is 124 Å². The Labute approximate surface area is 240 Å². The molecular formula is C32H25BrN6O. The Kier molecular flexibility index (Phi) is 5.97. The molecule has 1 atom stereocenters. The summed E-state index contributed by atoms with van der Waals surface area (Å²) in [6.07, 6.45) is 0. The molecule has 0 spiro atoms. The van der Waals surface area contributed by atoms with E-state index in [-0.39, 0.29) is 6.04 Å². The second kappa shape index (κ2) is 9.81. The third-order valence-electron chi connectivity index (χ3n) is 7.18. The molecule has 196 valence electrons. The summed E-state index contributed by atoms with van der Waals surface area (Å²) in [5.74, 6) is 2.94. The number of nitrogens with zero attached hydrogens (tertiary/aromatic N) is 5. The number of aliphatic imine (C=N–C) groups is 2. The minimum Gasteiger partial charge on any atom is -0.496 e. The largest absolute Gasteiger partial charge is 0.496 e. The van der Waals surface area contributed by atoms with Crippen molar-refractivity contribution in [1.29, 1.82) is 0 Å². The quantitative estimate of drug-likeness (QED) is 0.233. The highest BCUT2D eigenvalue weighted by Crippen LogP contribution is 2.49. The molecule has 0 aliphatic carbocycles. The summed E-state index contributed by atoms with van der Waals surface area (Å²) in [6, 6.07) is 34.2. The van der Waals surface area contributed by atoms with Gasteiger partial charge in [0.2, 0.25) is 0 Å². The van der Waals surface area contributed by atoms with Crippen molar-refractivity contribution in [3.63, 3.8) is 0 Å². The maximum atomic E-state index is 5.90. The van der Waals surface area contributed by atoms with Gasteiger partial charge in [-0.2, -0.15) is 5.10 Å². The topological polar surface area (TPSA) is 67.0 Å². The molecule has 0 saturated carbocycles. The zero-order valence-electron chi connectivity index (χ0n) is 21.9. The molecule has 2 aliphatic rings. The van der Waals surface area contributed by atoms with Gasteiger partial charge in [0.05, 0.1) is 35.9 Å². The SMILES string of the molecule is COc1ccccc1C1c2c(C)nn(-c3ccccc3)c2N=C2C(Nc3ccc(Br)cc3)=Nc3ccccc3N21. The van der Waals surface area contributed by atoms with Gasteiger partial charge in [-0.3, -0.25) is 0 Å². The number of para-hydroxylation sites is 4. The maximum absolute atomic E-state index is 5.90. The zero-order valence-corrected chi connectivity index (χ0v) is 23.5. The predicted octanol–water partition coefficient (Wildman–Crippen LogP) is 7.75. The van der Waals surface area contributed by atoms with Crippen LogP contribution in [0.4, 0.5) is 22.9 Å². The lowest BCUT2D eigenvalue weighted by molar-refractivity contribution is 0.407. The number of nitrogens with one attached hydrogen (secondary N) is 1. The molecule has 5 aromatic rings. The monoisotopic (exact) mass is 588 g/mol. The fraction of sp³-hybridized carbons (Fsp3) is 0.0938. The number of hydrogen-bond donors (Lipinski definition) is 1. The van der Waals surface area contributed by atoms with Gasteiger partial charge in [0.25, 0.3) is 0 Å². The Bertz CT molecular complexity index is 1790. The van der Waals surface area contributed by atoms with Crippen molar-refractivity contribution in [1.82, 2.24) is 9.78 Å². The third kappa shape index (κ3) is 3.99. The molecule has 7 rings (SSSR count). The normalized spacial score (nSPS) is 15.4. The minimum absolute atomic E-state index is 0.255. The van der Waals surface area contributed by atoms with Crippen molar-refractivity contribution in [3.8, 4) is 11.4 Å². The molecule has 1 aromatic heterocycles. The number of methoxy groups -OCH3 is 1. The van der Waals surface area contributed by atoms with E-state index in [0.717, 1.165) is 55.6 Å². The van der Waals surface area contributed by atoms with Gasteiger partial charge < -0.3 is 15.0 Å². The van der Waals surface area contributed by atoms with Crippen LogP contribution in [0, 0.1) is 6.92 Å².